The third kappa shape index (κ3) is 2.71. The van der Waals surface area contributed by atoms with Gasteiger partial charge in [0.05, 0.1) is 0 Å². The highest BCUT2D eigenvalue weighted by atomic mass is 14.7. The predicted molar refractivity (Wildman–Crippen MR) is 80.2 cm³/mol. The predicted octanol–water partition coefficient (Wildman–Crippen LogP) is 3.28. The summed E-state index contributed by atoms with van der Waals surface area (Å²) in [6.45, 7) is 2.12. The first-order chi connectivity index (χ1) is 9.22. The number of rotatable bonds is 3. The number of fused-ring (bicyclic) bond motifs is 1. The lowest BCUT2D eigenvalue weighted by atomic mass is 9.92. The molecule has 2 N–H and O–H groups in total. The Balaban J connectivity index is 1.66. The van der Waals surface area contributed by atoms with Crippen LogP contribution in [0.15, 0.2) is 48.5 Å². The zero-order valence-corrected chi connectivity index (χ0v) is 11.5. The van der Waals surface area contributed by atoms with Crippen LogP contribution in [0.5, 0.6) is 0 Å². The molecule has 0 aromatic heterocycles. The first-order valence-corrected chi connectivity index (χ1v) is 7.10. The zero-order chi connectivity index (χ0) is 13.2. The van der Waals surface area contributed by atoms with Gasteiger partial charge in [0.2, 0.25) is 0 Å². The maximum atomic E-state index is 6.43. The molecule has 0 aliphatic heterocycles. The molecule has 0 fully saturated rings. The normalized spacial score (nSPS) is 16.3. The quantitative estimate of drug-likeness (QED) is 0.890. The SMILES string of the molecule is Cc1ccc(CC(N)C2Cc3ccccc3C2)cc1. The number of hydrogen-bond donors (Lipinski definition) is 1. The Labute approximate surface area is 115 Å². The van der Waals surface area contributed by atoms with E-state index in [1.165, 1.54) is 22.3 Å². The van der Waals surface area contributed by atoms with Gasteiger partial charge >= 0.3 is 0 Å². The van der Waals surface area contributed by atoms with Gasteiger partial charge in [-0.2, -0.15) is 0 Å². The third-order valence-electron chi connectivity index (χ3n) is 4.28. The lowest BCUT2D eigenvalue weighted by molar-refractivity contribution is 0.437. The molecular formula is C18H21N. The van der Waals surface area contributed by atoms with Crippen molar-refractivity contribution < 1.29 is 0 Å². The van der Waals surface area contributed by atoms with Gasteiger partial charge in [-0.15, -0.1) is 0 Å². The first kappa shape index (κ1) is 12.4. The molecule has 0 heterocycles. The van der Waals surface area contributed by atoms with Crippen LogP contribution in [0.2, 0.25) is 0 Å². The van der Waals surface area contributed by atoms with E-state index in [-0.39, 0.29) is 6.04 Å². The van der Waals surface area contributed by atoms with E-state index in [0.29, 0.717) is 5.92 Å². The van der Waals surface area contributed by atoms with Crippen molar-refractivity contribution in [3.8, 4) is 0 Å². The average molecular weight is 251 g/mol. The smallest absolute Gasteiger partial charge is 0.0114 e. The Morgan fingerprint density at radius 1 is 1.00 bits per heavy atom. The number of benzene rings is 2. The van der Waals surface area contributed by atoms with Crippen LogP contribution in [0, 0.1) is 12.8 Å². The summed E-state index contributed by atoms with van der Waals surface area (Å²) in [5.41, 5.74) is 12.1. The zero-order valence-electron chi connectivity index (χ0n) is 11.5. The minimum Gasteiger partial charge on any atom is -0.327 e. The minimum atomic E-state index is 0.259. The molecule has 0 radical (unpaired) electrons. The molecule has 1 nitrogen and oxygen atoms in total. The fourth-order valence-electron chi connectivity index (χ4n) is 3.06. The summed E-state index contributed by atoms with van der Waals surface area (Å²) >= 11 is 0. The molecule has 1 heteroatoms. The van der Waals surface area contributed by atoms with E-state index in [9.17, 15) is 0 Å². The van der Waals surface area contributed by atoms with Crippen molar-refractivity contribution in [3.05, 3.63) is 70.8 Å². The Morgan fingerprint density at radius 3 is 2.16 bits per heavy atom. The summed E-state index contributed by atoms with van der Waals surface area (Å²) in [7, 11) is 0. The molecule has 2 aromatic rings. The standard InChI is InChI=1S/C18H21N/c1-13-6-8-14(9-7-13)10-18(19)17-11-15-4-2-3-5-16(15)12-17/h2-9,17-18H,10-12,19H2,1H3. The molecule has 0 saturated heterocycles. The molecule has 1 unspecified atom stereocenters. The van der Waals surface area contributed by atoms with Gasteiger partial charge in [-0.25, -0.2) is 0 Å². The van der Waals surface area contributed by atoms with E-state index in [4.69, 9.17) is 5.73 Å². The van der Waals surface area contributed by atoms with Gasteiger partial charge in [0, 0.05) is 6.04 Å². The van der Waals surface area contributed by atoms with E-state index in [1.807, 2.05) is 0 Å². The maximum Gasteiger partial charge on any atom is 0.0114 e. The second-order valence-electron chi connectivity index (χ2n) is 5.79. The summed E-state index contributed by atoms with van der Waals surface area (Å²) in [6.07, 6.45) is 3.27. The Bertz CT molecular complexity index is 531. The molecule has 2 aromatic carbocycles. The van der Waals surface area contributed by atoms with Crippen molar-refractivity contribution in [3.63, 3.8) is 0 Å². The van der Waals surface area contributed by atoms with Crippen molar-refractivity contribution >= 4 is 0 Å². The van der Waals surface area contributed by atoms with Crippen LogP contribution in [0.1, 0.15) is 22.3 Å². The van der Waals surface area contributed by atoms with Crippen molar-refractivity contribution in [2.45, 2.75) is 32.2 Å². The largest absolute Gasteiger partial charge is 0.327 e. The minimum absolute atomic E-state index is 0.259. The number of hydrogen-bond acceptors (Lipinski definition) is 1. The van der Waals surface area contributed by atoms with Crippen LogP contribution >= 0.6 is 0 Å². The average Bonchev–Trinajstić information content (AvgIpc) is 2.85. The molecule has 0 amide bonds. The molecule has 0 bridgehead atoms. The van der Waals surface area contributed by atoms with Crippen molar-refractivity contribution in [2.75, 3.05) is 0 Å². The Hall–Kier alpha value is -1.60. The van der Waals surface area contributed by atoms with Crippen molar-refractivity contribution in [1.82, 2.24) is 0 Å². The highest BCUT2D eigenvalue weighted by Crippen LogP contribution is 2.29. The van der Waals surface area contributed by atoms with Gasteiger partial charge < -0.3 is 5.73 Å². The van der Waals surface area contributed by atoms with Gasteiger partial charge in [0.15, 0.2) is 0 Å². The van der Waals surface area contributed by atoms with Crippen LogP contribution in [0.25, 0.3) is 0 Å². The highest BCUT2D eigenvalue weighted by molar-refractivity contribution is 5.33. The summed E-state index contributed by atoms with van der Waals surface area (Å²) in [5, 5.41) is 0. The van der Waals surface area contributed by atoms with Crippen molar-refractivity contribution in [1.29, 1.82) is 0 Å². The van der Waals surface area contributed by atoms with E-state index >= 15 is 0 Å². The summed E-state index contributed by atoms with van der Waals surface area (Å²) in [5.74, 6) is 0.596. The highest BCUT2D eigenvalue weighted by Gasteiger charge is 2.26. The van der Waals surface area contributed by atoms with E-state index in [2.05, 4.69) is 55.5 Å². The third-order valence-corrected chi connectivity index (χ3v) is 4.28. The number of nitrogens with two attached hydrogens (primary N) is 1. The molecule has 1 aliphatic rings. The van der Waals surface area contributed by atoms with E-state index in [1.54, 1.807) is 0 Å². The lowest BCUT2D eigenvalue weighted by Crippen LogP contribution is -2.32. The molecule has 0 spiro atoms. The van der Waals surface area contributed by atoms with E-state index < -0.39 is 0 Å². The van der Waals surface area contributed by atoms with Gasteiger partial charge in [-0.1, -0.05) is 54.1 Å². The van der Waals surface area contributed by atoms with Crippen LogP contribution in [-0.4, -0.2) is 6.04 Å². The van der Waals surface area contributed by atoms with Gasteiger partial charge in [-0.05, 0) is 48.8 Å². The monoisotopic (exact) mass is 251 g/mol. The second-order valence-corrected chi connectivity index (χ2v) is 5.79. The van der Waals surface area contributed by atoms with Gasteiger partial charge in [-0.3, -0.25) is 0 Å². The lowest BCUT2D eigenvalue weighted by Gasteiger charge is -2.19. The molecule has 19 heavy (non-hydrogen) atoms. The molecule has 0 saturated carbocycles. The fourth-order valence-corrected chi connectivity index (χ4v) is 3.06. The molecule has 3 rings (SSSR count). The van der Waals surface area contributed by atoms with Crippen LogP contribution < -0.4 is 5.73 Å². The van der Waals surface area contributed by atoms with Gasteiger partial charge in [0.1, 0.15) is 0 Å². The second kappa shape index (κ2) is 5.18. The fraction of sp³-hybridized carbons (Fsp3) is 0.333. The molecule has 98 valence electrons. The van der Waals surface area contributed by atoms with Crippen LogP contribution in [0.4, 0.5) is 0 Å². The summed E-state index contributed by atoms with van der Waals surface area (Å²) < 4.78 is 0. The van der Waals surface area contributed by atoms with Crippen LogP contribution in [0.3, 0.4) is 0 Å². The van der Waals surface area contributed by atoms with Gasteiger partial charge in [0.25, 0.3) is 0 Å². The molecule has 1 atom stereocenters. The molecule has 1 aliphatic carbocycles. The van der Waals surface area contributed by atoms with Crippen LogP contribution in [-0.2, 0) is 19.3 Å². The summed E-state index contributed by atoms with van der Waals surface area (Å²) in [6, 6.07) is 17.8. The number of aryl methyl sites for hydroxylation is 1. The Kier molecular flexibility index (Phi) is 3.39. The summed E-state index contributed by atoms with van der Waals surface area (Å²) in [4.78, 5) is 0. The van der Waals surface area contributed by atoms with E-state index in [0.717, 1.165) is 19.3 Å². The topological polar surface area (TPSA) is 26.0 Å². The van der Waals surface area contributed by atoms with Crippen molar-refractivity contribution in [2.24, 2.45) is 11.7 Å². The first-order valence-electron chi connectivity index (χ1n) is 7.10. The maximum absolute atomic E-state index is 6.43. The Morgan fingerprint density at radius 2 is 1.58 bits per heavy atom. The molecular weight excluding hydrogens is 230 g/mol.